The van der Waals surface area contributed by atoms with Crippen molar-refractivity contribution < 1.29 is 4.74 Å². The molecule has 0 aliphatic rings. The van der Waals surface area contributed by atoms with Crippen molar-refractivity contribution in [3.63, 3.8) is 0 Å². The van der Waals surface area contributed by atoms with E-state index in [1.54, 1.807) is 32.4 Å². The fourth-order valence-corrected chi connectivity index (χ4v) is 4.17. The number of ether oxygens (including phenoxy) is 1. The molecule has 31 heavy (non-hydrogen) atoms. The Hall–Kier alpha value is -2.90. The molecule has 0 bridgehead atoms. The highest BCUT2D eigenvalue weighted by Crippen LogP contribution is 2.30. The molecule has 0 radical (unpaired) electrons. The summed E-state index contributed by atoms with van der Waals surface area (Å²) in [6, 6.07) is 12.9. The fraction of sp³-hybridized carbons (Fsp3) is 0.174. The van der Waals surface area contributed by atoms with E-state index in [1.165, 1.54) is 4.68 Å². The minimum absolute atomic E-state index is 0.217. The van der Waals surface area contributed by atoms with Gasteiger partial charge in [-0.05, 0) is 63.2 Å². The van der Waals surface area contributed by atoms with E-state index in [1.807, 2.05) is 44.2 Å². The molecule has 0 amide bonds. The van der Waals surface area contributed by atoms with Gasteiger partial charge in [0.1, 0.15) is 11.6 Å². The topological polar surface area (TPSA) is 61.4 Å². The van der Waals surface area contributed by atoms with Gasteiger partial charge < -0.3 is 9.30 Å². The summed E-state index contributed by atoms with van der Waals surface area (Å²) in [4.78, 5) is 17.5. The molecule has 0 unspecified atom stereocenters. The van der Waals surface area contributed by atoms with E-state index in [9.17, 15) is 4.79 Å². The van der Waals surface area contributed by atoms with E-state index in [-0.39, 0.29) is 5.56 Å². The van der Waals surface area contributed by atoms with Crippen LogP contribution in [-0.2, 0) is 0 Å². The Morgan fingerprint density at radius 3 is 2.65 bits per heavy atom. The molecule has 2 aromatic heterocycles. The molecular formula is C23H20BrClN4O2. The lowest BCUT2D eigenvalue weighted by molar-refractivity contribution is 0.412. The maximum absolute atomic E-state index is 13.0. The number of nitrogens with zero attached hydrogens (tertiary/aromatic N) is 4. The van der Waals surface area contributed by atoms with Crippen molar-refractivity contribution in [2.75, 3.05) is 7.11 Å². The van der Waals surface area contributed by atoms with Crippen LogP contribution < -0.4 is 10.3 Å². The first-order valence-electron chi connectivity index (χ1n) is 9.56. The molecule has 0 saturated heterocycles. The van der Waals surface area contributed by atoms with E-state index in [4.69, 9.17) is 16.3 Å². The van der Waals surface area contributed by atoms with Crippen LogP contribution in [-0.4, -0.2) is 27.6 Å². The van der Waals surface area contributed by atoms with Crippen LogP contribution >= 0.6 is 27.5 Å². The molecule has 2 aromatic carbocycles. The number of aromatic nitrogens is 3. The summed E-state index contributed by atoms with van der Waals surface area (Å²) in [7, 11) is 1.63. The third-order valence-corrected chi connectivity index (χ3v) is 5.86. The van der Waals surface area contributed by atoms with Gasteiger partial charge in [-0.25, -0.2) is 4.98 Å². The second-order valence-corrected chi connectivity index (χ2v) is 8.51. The van der Waals surface area contributed by atoms with Crippen molar-refractivity contribution >= 4 is 44.6 Å². The third kappa shape index (κ3) is 3.91. The summed E-state index contributed by atoms with van der Waals surface area (Å²) < 4.78 is 9.70. The van der Waals surface area contributed by atoms with Gasteiger partial charge in [0, 0.05) is 26.4 Å². The predicted molar refractivity (Wildman–Crippen MR) is 128 cm³/mol. The number of benzene rings is 2. The molecule has 0 N–H and O–H groups in total. The average Bonchev–Trinajstić information content (AvgIpc) is 3.01. The van der Waals surface area contributed by atoms with Gasteiger partial charge in [-0.1, -0.05) is 27.5 Å². The third-order valence-electron chi connectivity index (χ3n) is 5.13. The average molecular weight is 500 g/mol. The molecule has 158 valence electrons. The molecule has 0 saturated carbocycles. The summed E-state index contributed by atoms with van der Waals surface area (Å²) in [5.41, 5.74) is 4.08. The minimum atomic E-state index is -0.217. The molecule has 4 rings (SSSR count). The number of hydrogen-bond acceptors (Lipinski definition) is 4. The van der Waals surface area contributed by atoms with Crippen LogP contribution in [0.15, 0.2) is 56.8 Å². The van der Waals surface area contributed by atoms with Gasteiger partial charge in [-0.15, -0.1) is 0 Å². The molecular weight excluding hydrogens is 480 g/mol. The lowest BCUT2D eigenvalue weighted by atomic mass is 10.2. The van der Waals surface area contributed by atoms with Gasteiger partial charge >= 0.3 is 0 Å². The quantitative estimate of drug-likeness (QED) is 0.352. The second-order valence-electron chi connectivity index (χ2n) is 7.16. The Bertz CT molecular complexity index is 1410. The first kappa shape index (κ1) is 21.3. The molecule has 0 spiro atoms. The highest BCUT2D eigenvalue weighted by Gasteiger charge is 2.14. The number of fused-ring (bicyclic) bond motifs is 1. The Kier molecular flexibility index (Phi) is 5.73. The molecule has 8 heteroatoms. The van der Waals surface area contributed by atoms with Crippen LogP contribution in [0.25, 0.3) is 16.6 Å². The SMILES string of the molecule is COc1ccc(Cl)cc1-n1c(C)cc(C=Nn2c(C)nc3ccc(Br)cc3c2=O)c1C. The number of methoxy groups -OCH3 is 1. The molecule has 6 nitrogen and oxygen atoms in total. The Morgan fingerprint density at radius 1 is 1.13 bits per heavy atom. The van der Waals surface area contributed by atoms with E-state index in [2.05, 4.69) is 30.6 Å². The maximum Gasteiger partial charge on any atom is 0.282 e. The summed E-state index contributed by atoms with van der Waals surface area (Å²) in [5, 5.41) is 5.58. The van der Waals surface area contributed by atoms with Crippen molar-refractivity contribution in [1.82, 2.24) is 14.2 Å². The number of halogens is 2. The van der Waals surface area contributed by atoms with Crippen LogP contribution in [0.1, 0.15) is 22.8 Å². The van der Waals surface area contributed by atoms with Crippen molar-refractivity contribution in [2.24, 2.45) is 5.10 Å². The van der Waals surface area contributed by atoms with Crippen molar-refractivity contribution in [3.05, 3.63) is 85.1 Å². The van der Waals surface area contributed by atoms with Crippen LogP contribution in [0.5, 0.6) is 5.75 Å². The monoisotopic (exact) mass is 498 g/mol. The highest BCUT2D eigenvalue weighted by atomic mass is 79.9. The van der Waals surface area contributed by atoms with Gasteiger partial charge in [-0.2, -0.15) is 9.78 Å². The number of aryl methyl sites for hydroxylation is 2. The van der Waals surface area contributed by atoms with Gasteiger partial charge in [0.25, 0.3) is 5.56 Å². The Morgan fingerprint density at radius 2 is 1.90 bits per heavy atom. The van der Waals surface area contributed by atoms with Crippen LogP contribution in [0.3, 0.4) is 0 Å². The summed E-state index contributed by atoms with van der Waals surface area (Å²) in [6.07, 6.45) is 1.68. The summed E-state index contributed by atoms with van der Waals surface area (Å²) in [6.45, 7) is 5.75. The van der Waals surface area contributed by atoms with Crippen LogP contribution in [0.2, 0.25) is 5.02 Å². The lowest BCUT2D eigenvalue weighted by Gasteiger charge is -2.14. The first-order chi connectivity index (χ1) is 14.8. The van der Waals surface area contributed by atoms with Crippen molar-refractivity contribution in [1.29, 1.82) is 0 Å². The van der Waals surface area contributed by atoms with E-state index in [0.29, 0.717) is 27.5 Å². The molecule has 4 aromatic rings. The lowest BCUT2D eigenvalue weighted by Crippen LogP contribution is -2.20. The summed E-state index contributed by atoms with van der Waals surface area (Å²) in [5.74, 6) is 1.23. The normalized spacial score (nSPS) is 11.5. The molecule has 0 fully saturated rings. The minimum Gasteiger partial charge on any atom is -0.495 e. The van der Waals surface area contributed by atoms with Gasteiger partial charge in [0.05, 0.1) is 29.9 Å². The second kappa shape index (κ2) is 8.32. The zero-order valence-corrected chi connectivity index (χ0v) is 19.8. The summed E-state index contributed by atoms with van der Waals surface area (Å²) >= 11 is 9.63. The highest BCUT2D eigenvalue weighted by molar-refractivity contribution is 9.10. The molecule has 0 aliphatic heterocycles. The van der Waals surface area contributed by atoms with Crippen LogP contribution in [0.4, 0.5) is 0 Å². The Labute approximate surface area is 192 Å². The van der Waals surface area contributed by atoms with Gasteiger partial charge in [0.15, 0.2) is 0 Å². The predicted octanol–water partition coefficient (Wildman–Crippen LogP) is 5.42. The standard InChI is InChI=1S/C23H20BrClN4O2/c1-13-9-16(14(2)28(13)21-11-18(25)6-8-22(21)31-4)12-26-29-15(3)27-20-7-5-17(24)10-19(20)23(29)30/h5-12H,1-4H3. The smallest absolute Gasteiger partial charge is 0.282 e. The zero-order valence-electron chi connectivity index (χ0n) is 17.5. The molecule has 0 atom stereocenters. The van der Waals surface area contributed by atoms with Crippen molar-refractivity contribution in [2.45, 2.75) is 20.8 Å². The zero-order chi connectivity index (χ0) is 22.3. The van der Waals surface area contributed by atoms with Crippen molar-refractivity contribution in [3.8, 4) is 11.4 Å². The number of hydrogen-bond donors (Lipinski definition) is 0. The maximum atomic E-state index is 13.0. The van der Waals surface area contributed by atoms with Crippen LogP contribution in [0, 0.1) is 20.8 Å². The Balaban J connectivity index is 1.81. The number of rotatable bonds is 4. The molecule has 2 heterocycles. The van der Waals surface area contributed by atoms with Gasteiger partial charge in [-0.3, -0.25) is 4.79 Å². The van der Waals surface area contributed by atoms with E-state index < -0.39 is 0 Å². The van der Waals surface area contributed by atoms with Gasteiger partial charge in [0.2, 0.25) is 0 Å². The largest absolute Gasteiger partial charge is 0.495 e. The first-order valence-corrected chi connectivity index (χ1v) is 10.7. The molecule has 0 aliphatic carbocycles. The fourth-order valence-electron chi connectivity index (χ4n) is 3.64. The van der Waals surface area contributed by atoms with E-state index in [0.717, 1.165) is 27.1 Å². The van der Waals surface area contributed by atoms with E-state index >= 15 is 0 Å².